The van der Waals surface area contributed by atoms with E-state index in [2.05, 4.69) is 4.98 Å². The molecule has 1 amide bonds. The molecule has 6 heteroatoms. The van der Waals surface area contributed by atoms with Crippen molar-refractivity contribution in [3.63, 3.8) is 0 Å². The Morgan fingerprint density at radius 2 is 1.83 bits per heavy atom. The number of hydrogen-bond acceptors (Lipinski definition) is 4. The minimum Gasteiger partial charge on any atom is -0.450 e. The fourth-order valence-electron chi connectivity index (χ4n) is 3.39. The van der Waals surface area contributed by atoms with E-state index in [0.717, 1.165) is 16.7 Å². The first kappa shape index (κ1) is 19.9. The number of aromatic nitrogens is 1. The van der Waals surface area contributed by atoms with Crippen molar-refractivity contribution in [1.82, 2.24) is 4.98 Å². The maximum absolute atomic E-state index is 13.4. The second-order valence-electron chi connectivity index (χ2n) is 7.14. The topological polar surface area (TPSA) is 63.4 Å². The summed E-state index contributed by atoms with van der Waals surface area (Å²) in [4.78, 5) is 31.9. The Morgan fingerprint density at radius 1 is 1.07 bits per heavy atom. The van der Waals surface area contributed by atoms with E-state index in [1.165, 1.54) is 11.0 Å². The summed E-state index contributed by atoms with van der Waals surface area (Å²) in [5.74, 6) is -0.0116. The number of carbonyl (C=O) groups excluding carboxylic acids is 1. The highest BCUT2D eigenvalue weighted by molar-refractivity contribution is 6.30. The third-order valence-corrected chi connectivity index (χ3v) is 5.05. The highest BCUT2D eigenvalue weighted by atomic mass is 35.5. The summed E-state index contributed by atoms with van der Waals surface area (Å²) in [6.45, 7) is 4.03. The monoisotopic (exact) mass is 418 g/mol. The molecule has 150 valence electrons. The molecule has 0 unspecified atom stereocenters. The van der Waals surface area contributed by atoms with Gasteiger partial charge in [0.2, 0.25) is 0 Å². The molecule has 0 N–H and O–H groups in total. The van der Waals surface area contributed by atoms with Crippen LogP contribution in [0.2, 0.25) is 5.02 Å². The molecule has 2 aromatic heterocycles. The van der Waals surface area contributed by atoms with Crippen molar-refractivity contribution in [2.45, 2.75) is 20.4 Å². The molecule has 0 radical (unpaired) electrons. The van der Waals surface area contributed by atoms with Gasteiger partial charge in [-0.05, 0) is 60.9 Å². The quantitative estimate of drug-likeness (QED) is 0.450. The Balaban J connectivity index is 1.80. The highest BCUT2D eigenvalue weighted by Gasteiger charge is 2.23. The van der Waals surface area contributed by atoms with Gasteiger partial charge in [-0.2, -0.15) is 0 Å². The van der Waals surface area contributed by atoms with Gasteiger partial charge in [0.25, 0.3) is 5.91 Å². The molecule has 2 aromatic carbocycles. The number of halogens is 1. The molecule has 0 bridgehead atoms. The van der Waals surface area contributed by atoms with Gasteiger partial charge in [-0.1, -0.05) is 35.9 Å². The van der Waals surface area contributed by atoms with Crippen molar-refractivity contribution in [1.29, 1.82) is 0 Å². The largest absolute Gasteiger partial charge is 0.450 e. The number of benzene rings is 2. The third-order valence-electron chi connectivity index (χ3n) is 4.79. The van der Waals surface area contributed by atoms with E-state index in [9.17, 15) is 9.59 Å². The summed E-state index contributed by atoms with van der Waals surface area (Å²) in [6.07, 6.45) is 1.61. The number of aryl methyl sites for hydroxylation is 2. The van der Waals surface area contributed by atoms with Gasteiger partial charge < -0.3 is 4.42 Å². The predicted molar refractivity (Wildman–Crippen MR) is 118 cm³/mol. The molecule has 0 atom stereocenters. The number of rotatable bonds is 4. The van der Waals surface area contributed by atoms with Crippen LogP contribution >= 0.6 is 11.6 Å². The molecule has 0 saturated carbocycles. The maximum Gasteiger partial charge on any atom is 0.295 e. The number of fused-ring (bicyclic) bond motifs is 1. The molecule has 4 aromatic rings. The first-order valence-corrected chi connectivity index (χ1v) is 9.82. The highest BCUT2D eigenvalue weighted by Crippen LogP contribution is 2.23. The lowest BCUT2D eigenvalue weighted by molar-refractivity contribution is 0.0958. The van der Waals surface area contributed by atoms with Crippen LogP contribution in [0.15, 0.2) is 76.1 Å². The van der Waals surface area contributed by atoms with Gasteiger partial charge in [-0.15, -0.1) is 0 Å². The number of nitrogens with zero attached hydrogens (tertiary/aromatic N) is 2. The number of carbonyl (C=O) groups is 1. The van der Waals surface area contributed by atoms with Crippen LogP contribution in [-0.4, -0.2) is 10.9 Å². The van der Waals surface area contributed by atoms with E-state index in [4.69, 9.17) is 16.0 Å². The van der Waals surface area contributed by atoms with Gasteiger partial charge in [-0.25, -0.2) is 4.98 Å². The van der Waals surface area contributed by atoms with E-state index in [1.807, 2.05) is 32.0 Å². The molecule has 0 aliphatic heterocycles. The van der Waals surface area contributed by atoms with Crippen LogP contribution in [0.4, 0.5) is 5.82 Å². The average Bonchev–Trinajstić information content (AvgIpc) is 2.74. The minimum atomic E-state index is -0.442. The zero-order chi connectivity index (χ0) is 21.3. The van der Waals surface area contributed by atoms with Gasteiger partial charge in [0.15, 0.2) is 11.2 Å². The summed E-state index contributed by atoms with van der Waals surface area (Å²) in [5, 5.41) is 1.08. The number of pyridine rings is 1. The molecule has 0 saturated heterocycles. The molecular formula is C24H19ClN2O3. The molecule has 0 fully saturated rings. The molecule has 0 aliphatic rings. The molecule has 5 nitrogen and oxygen atoms in total. The Morgan fingerprint density at radius 3 is 2.53 bits per heavy atom. The van der Waals surface area contributed by atoms with Crippen LogP contribution in [0.5, 0.6) is 0 Å². The fraction of sp³-hybridized carbons (Fsp3) is 0.125. The Bertz CT molecular complexity index is 1280. The standard InChI is InChI=1S/C24H19ClN2O3/c1-15-11-16(2)23-19(12-15)20(28)13-21(30-23)24(29)27(22-5-3-4-10-26-22)14-17-6-8-18(25)9-7-17/h3-13H,14H2,1-2H3. The normalized spacial score (nSPS) is 10.9. The summed E-state index contributed by atoms with van der Waals surface area (Å²) in [6, 6.07) is 17.5. The smallest absolute Gasteiger partial charge is 0.295 e. The van der Waals surface area contributed by atoms with Gasteiger partial charge in [0, 0.05) is 17.3 Å². The van der Waals surface area contributed by atoms with Crippen LogP contribution in [0.1, 0.15) is 27.2 Å². The van der Waals surface area contributed by atoms with Crippen molar-refractivity contribution >= 4 is 34.3 Å². The number of anilines is 1. The third kappa shape index (κ3) is 3.98. The molecule has 0 spiro atoms. The van der Waals surface area contributed by atoms with Crippen molar-refractivity contribution < 1.29 is 9.21 Å². The second-order valence-corrected chi connectivity index (χ2v) is 7.58. The van der Waals surface area contributed by atoms with E-state index in [1.54, 1.807) is 42.6 Å². The molecule has 2 heterocycles. The van der Waals surface area contributed by atoms with E-state index in [0.29, 0.717) is 21.8 Å². The molecule has 0 aliphatic carbocycles. The Labute approximate surface area is 178 Å². The average molecular weight is 419 g/mol. The maximum atomic E-state index is 13.4. The summed E-state index contributed by atoms with van der Waals surface area (Å²) in [7, 11) is 0. The van der Waals surface area contributed by atoms with E-state index in [-0.39, 0.29) is 17.7 Å². The second kappa shape index (κ2) is 8.13. The predicted octanol–water partition coefficient (Wildman–Crippen LogP) is 5.31. The molecule has 30 heavy (non-hydrogen) atoms. The fourth-order valence-corrected chi connectivity index (χ4v) is 3.52. The van der Waals surface area contributed by atoms with Crippen LogP contribution in [0.25, 0.3) is 11.0 Å². The number of hydrogen-bond donors (Lipinski definition) is 0. The van der Waals surface area contributed by atoms with Gasteiger partial charge in [0.05, 0.1) is 11.9 Å². The van der Waals surface area contributed by atoms with E-state index < -0.39 is 5.91 Å². The first-order valence-electron chi connectivity index (χ1n) is 9.45. The van der Waals surface area contributed by atoms with Crippen LogP contribution in [-0.2, 0) is 6.54 Å². The van der Waals surface area contributed by atoms with Crippen LogP contribution in [0.3, 0.4) is 0 Å². The summed E-state index contributed by atoms with van der Waals surface area (Å²) >= 11 is 5.98. The van der Waals surface area contributed by atoms with E-state index >= 15 is 0 Å². The zero-order valence-corrected chi connectivity index (χ0v) is 17.3. The van der Waals surface area contributed by atoms with Gasteiger partial charge in [0.1, 0.15) is 11.4 Å². The van der Waals surface area contributed by atoms with Crippen LogP contribution < -0.4 is 10.3 Å². The molecule has 4 rings (SSSR count). The van der Waals surface area contributed by atoms with Crippen molar-refractivity contribution in [3.05, 3.63) is 105 Å². The zero-order valence-electron chi connectivity index (χ0n) is 16.6. The minimum absolute atomic E-state index is 0.0286. The number of amides is 1. The Kier molecular flexibility index (Phi) is 5.38. The first-order chi connectivity index (χ1) is 14.4. The van der Waals surface area contributed by atoms with Gasteiger partial charge in [-0.3, -0.25) is 14.5 Å². The van der Waals surface area contributed by atoms with Crippen molar-refractivity contribution in [2.75, 3.05) is 4.90 Å². The summed E-state index contributed by atoms with van der Waals surface area (Å²) < 4.78 is 5.91. The molecular weight excluding hydrogens is 400 g/mol. The Hall–Kier alpha value is -3.44. The van der Waals surface area contributed by atoms with Crippen molar-refractivity contribution in [2.24, 2.45) is 0 Å². The van der Waals surface area contributed by atoms with Crippen LogP contribution in [0, 0.1) is 13.8 Å². The lowest BCUT2D eigenvalue weighted by Gasteiger charge is -2.21. The SMILES string of the molecule is Cc1cc(C)c2oc(C(=O)N(Cc3ccc(Cl)cc3)c3ccccn3)cc(=O)c2c1. The summed E-state index contributed by atoms with van der Waals surface area (Å²) in [5.41, 5.74) is 2.80. The van der Waals surface area contributed by atoms with Gasteiger partial charge >= 0.3 is 0 Å². The lowest BCUT2D eigenvalue weighted by Crippen LogP contribution is -2.31. The van der Waals surface area contributed by atoms with Crippen molar-refractivity contribution in [3.8, 4) is 0 Å². The lowest BCUT2D eigenvalue weighted by atomic mass is 10.1.